The largest absolute Gasteiger partial charge is 0.366 e. The Bertz CT molecular complexity index is 991. The minimum absolute atomic E-state index is 0.00212. The third-order valence-corrected chi connectivity index (χ3v) is 4.32. The fourth-order valence-electron chi connectivity index (χ4n) is 3.02. The average Bonchev–Trinajstić information content (AvgIpc) is 2.74. The zero-order valence-corrected chi connectivity index (χ0v) is 15.4. The molecule has 0 aliphatic carbocycles. The van der Waals surface area contributed by atoms with E-state index in [9.17, 15) is 14.9 Å². The molecule has 0 unspecified atom stereocenters. The second-order valence-corrected chi connectivity index (χ2v) is 5.82. The number of anilines is 1. The van der Waals surface area contributed by atoms with Crippen molar-refractivity contribution in [2.75, 3.05) is 18.0 Å². The van der Waals surface area contributed by atoms with E-state index in [0.29, 0.717) is 30.2 Å². The molecule has 0 amide bonds. The van der Waals surface area contributed by atoms with Crippen LogP contribution in [0.2, 0.25) is 0 Å². The number of benzene rings is 1. The molecule has 2 heterocycles. The van der Waals surface area contributed by atoms with Gasteiger partial charge in [-0.15, -0.1) is 0 Å². The molecule has 28 heavy (non-hydrogen) atoms. The van der Waals surface area contributed by atoms with Crippen LogP contribution in [-0.2, 0) is 0 Å². The standard InChI is InChI=1S/C19H18N6O3/c1-3-24(4-2)16-15(19-22-11-21-12-23-19)8-7-14(17(16)25(27)28)18(26)13-6-5-9-20-10-13/h5-12H,3-4H2,1-2H3. The molecule has 0 fully saturated rings. The molecule has 9 heteroatoms. The molecule has 0 N–H and O–H groups in total. The number of carbonyl (C=O) groups is 1. The summed E-state index contributed by atoms with van der Waals surface area (Å²) in [5, 5.41) is 12.1. The summed E-state index contributed by atoms with van der Waals surface area (Å²) in [4.78, 5) is 42.3. The van der Waals surface area contributed by atoms with Crippen LogP contribution in [-0.4, -0.2) is 43.7 Å². The van der Waals surface area contributed by atoms with Gasteiger partial charge in [-0.05, 0) is 38.1 Å². The molecule has 1 aromatic carbocycles. The van der Waals surface area contributed by atoms with E-state index in [4.69, 9.17) is 0 Å². The molecule has 3 aromatic rings. The molecular formula is C19H18N6O3. The van der Waals surface area contributed by atoms with Crippen LogP contribution in [0.15, 0.2) is 49.3 Å². The third-order valence-electron chi connectivity index (χ3n) is 4.32. The molecular weight excluding hydrogens is 360 g/mol. The molecule has 3 rings (SSSR count). The van der Waals surface area contributed by atoms with Gasteiger partial charge in [0.15, 0.2) is 5.82 Å². The summed E-state index contributed by atoms with van der Waals surface area (Å²) in [7, 11) is 0. The fourth-order valence-corrected chi connectivity index (χ4v) is 3.02. The Morgan fingerprint density at radius 2 is 1.82 bits per heavy atom. The Balaban J connectivity index is 2.30. The molecule has 9 nitrogen and oxygen atoms in total. The van der Waals surface area contributed by atoms with E-state index in [1.807, 2.05) is 18.7 Å². The number of nitrogens with zero attached hydrogens (tertiary/aromatic N) is 6. The molecule has 0 atom stereocenters. The number of nitro benzene ring substituents is 1. The Morgan fingerprint density at radius 1 is 1.11 bits per heavy atom. The van der Waals surface area contributed by atoms with Gasteiger partial charge in [0, 0.05) is 36.6 Å². The molecule has 0 saturated carbocycles. The van der Waals surface area contributed by atoms with E-state index < -0.39 is 10.7 Å². The van der Waals surface area contributed by atoms with E-state index in [1.54, 1.807) is 18.2 Å². The van der Waals surface area contributed by atoms with Crippen molar-refractivity contribution >= 4 is 17.2 Å². The number of ketones is 1. The first-order chi connectivity index (χ1) is 13.6. The van der Waals surface area contributed by atoms with Crippen LogP contribution in [0.4, 0.5) is 11.4 Å². The first-order valence-electron chi connectivity index (χ1n) is 8.71. The topological polar surface area (TPSA) is 115 Å². The van der Waals surface area contributed by atoms with E-state index >= 15 is 0 Å². The zero-order valence-electron chi connectivity index (χ0n) is 15.4. The monoisotopic (exact) mass is 378 g/mol. The average molecular weight is 378 g/mol. The summed E-state index contributed by atoms with van der Waals surface area (Å²) >= 11 is 0. The van der Waals surface area contributed by atoms with E-state index in [0.717, 1.165) is 0 Å². The first-order valence-corrected chi connectivity index (χ1v) is 8.71. The van der Waals surface area contributed by atoms with Crippen molar-refractivity contribution in [1.82, 2.24) is 19.9 Å². The quantitative estimate of drug-likeness (QED) is 0.350. The van der Waals surface area contributed by atoms with E-state index in [2.05, 4.69) is 19.9 Å². The summed E-state index contributed by atoms with van der Waals surface area (Å²) in [5.41, 5.74) is 0.800. The smallest absolute Gasteiger partial charge is 0.304 e. The van der Waals surface area contributed by atoms with Crippen LogP contribution < -0.4 is 4.90 Å². The van der Waals surface area contributed by atoms with Gasteiger partial charge in [0.2, 0.25) is 5.78 Å². The van der Waals surface area contributed by atoms with Gasteiger partial charge < -0.3 is 4.90 Å². The normalized spacial score (nSPS) is 10.5. The maximum atomic E-state index is 13.0. The van der Waals surface area contributed by atoms with Crippen LogP contribution in [0, 0.1) is 10.1 Å². The molecule has 2 aromatic heterocycles. The number of hydrogen-bond acceptors (Lipinski definition) is 8. The Hall–Kier alpha value is -3.75. The molecule has 0 aliphatic rings. The Labute approximate surface area is 161 Å². The Morgan fingerprint density at radius 3 is 2.39 bits per heavy atom. The highest BCUT2D eigenvalue weighted by molar-refractivity contribution is 6.13. The molecule has 0 aliphatic heterocycles. The minimum atomic E-state index is -0.526. The maximum absolute atomic E-state index is 13.0. The van der Waals surface area contributed by atoms with E-state index in [-0.39, 0.29) is 16.8 Å². The van der Waals surface area contributed by atoms with Crippen molar-refractivity contribution in [2.24, 2.45) is 0 Å². The van der Waals surface area contributed by atoms with Gasteiger partial charge in [-0.3, -0.25) is 19.9 Å². The van der Waals surface area contributed by atoms with Gasteiger partial charge in [-0.2, -0.15) is 0 Å². The highest BCUT2D eigenvalue weighted by atomic mass is 16.6. The van der Waals surface area contributed by atoms with Crippen molar-refractivity contribution < 1.29 is 9.72 Å². The van der Waals surface area contributed by atoms with Crippen molar-refractivity contribution in [2.45, 2.75) is 13.8 Å². The van der Waals surface area contributed by atoms with Crippen molar-refractivity contribution in [1.29, 1.82) is 0 Å². The summed E-state index contributed by atoms with van der Waals surface area (Å²) in [5.74, 6) is -0.157. The number of aromatic nitrogens is 4. The highest BCUT2D eigenvalue weighted by Gasteiger charge is 2.31. The first kappa shape index (κ1) is 19.0. The Kier molecular flexibility index (Phi) is 5.64. The van der Waals surface area contributed by atoms with Gasteiger partial charge in [0.25, 0.3) is 0 Å². The maximum Gasteiger partial charge on any atom is 0.304 e. The van der Waals surface area contributed by atoms with Gasteiger partial charge >= 0.3 is 5.69 Å². The van der Waals surface area contributed by atoms with E-state index in [1.165, 1.54) is 31.1 Å². The lowest BCUT2D eigenvalue weighted by molar-refractivity contribution is -0.384. The highest BCUT2D eigenvalue weighted by Crippen LogP contribution is 2.40. The van der Waals surface area contributed by atoms with Crippen molar-refractivity contribution in [3.63, 3.8) is 0 Å². The predicted octanol–water partition coefficient (Wildman–Crippen LogP) is 2.92. The molecule has 0 radical (unpaired) electrons. The van der Waals surface area contributed by atoms with Crippen LogP contribution in [0.25, 0.3) is 11.4 Å². The number of hydrogen-bond donors (Lipinski definition) is 0. The lowest BCUT2D eigenvalue weighted by Crippen LogP contribution is -2.25. The van der Waals surface area contributed by atoms with Crippen molar-refractivity contribution in [3.8, 4) is 11.4 Å². The third kappa shape index (κ3) is 3.54. The molecule has 0 spiro atoms. The van der Waals surface area contributed by atoms with Gasteiger partial charge in [-0.1, -0.05) is 0 Å². The number of carbonyl (C=O) groups excluding carboxylic acids is 1. The molecule has 0 saturated heterocycles. The summed E-state index contributed by atoms with van der Waals surface area (Å²) < 4.78 is 0. The number of pyridine rings is 1. The second-order valence-electron chi connectivity index (χ2n) is 5.82. The number of rotatable bonds is 7. The van der Waals surface area contributed by atoms with Crippen LogP contribution in [0.3, 0.4) is 0 Å². The van der Waals surface area contributed by atoms with Gasteiger partial charge in [-0.25, -0.2) is 15.0 Å². The lowest BCUT2D eigenvalue weighted by Gasteiger charge is -2.24. The van der Waals surface area contributed by atoms with Crippen LogP contribution in [0.1, 0.15) is 29.8 Å². The van der Waals surface area contributed by atoms with Gasteiger partial charge in [0.1, 0.15) is 23.9 Å². The molecule has 142 valence electrons. The second kappa shape index (κ2) is 8.30. The number of nitro groups is 1. The fraction of sp³-hybridized carbons (Fsp3) is 0.211. The molecule has 0 bridgehead atoms. The van der Waals surface area contributed by atoms with Gasteiger partial charge in [0.05, 0.1) is 4.92 Å². The van der Waals surface area contributed by atoms with Crippen molar-refractivity contribution in [3.05, 3.63) is 70.6 Å². The predicted molar refractivity (Wildman–Crippen MR) is 103 cm³/mol. The summed E-state index contributed by atoms with van der Waals surface area (Å²) in [6, 6.07) is 6.28. The SMILES string of the molecule is CCN(CC)c1c(-c2ncncn2)ccc(C(=O)c2cccnc2)c1[N+](=O)[O-]. The van der Waals surface area contributed by atoms with Crippen LogP contribution >= 0.6 is 0 Å². The summed E-state index contributed by atoms with van der Waals surface area (Å²) in [6.07, 6.45) is 5.59. The van der Waals surface area contributed by atoms with Crippen LogP contribution in [0.5, 0.6) is 0 Å². The summed E-state index contributed by atoms with van der Waals surface area (Å²) in [6.45, 7) is 4.81. The minimum Gasteiger partial charge on any atom is -0.366 e. The lowest BCUT2D eigenvalue weighted by atomic mass is 9.98. The zero-order chi connectivity index (χ0) is 20.1.